The first-order chi connectivity index (χ1) is 15.2. The van der Waals surface area contributed by atoms with E-state index in [2.05, 4.69) is 4.98 Å². The molecule has 0 bridgehead atoms. The van der Waals surface area contributed by atoms with E-state index >= 15 is 0 Å². The maximum atomic E-state index is 12.4. The standard InChI is InChI=1S/C24H26N2O5/c27-22(17-30-23(28)11-6-16-29-19-7-2-1-3-8-19)26-14-12-18(13-15-26)24-25-20-9-4-5-10-21(20)31-24/h1-5,7-10,18H,6,11-17H2. The van der Waals surface area contributed by atoms with E-state index in [4.69, 9.17) is 13.9 Å². The van der Waals surface area contributed by atoms with Crippen LogP contribution in [0.3, 0.4) is 0 Å². The summed E-state index contributed by atoms with van der Waals surface area (Å²) >= 11 is 0. The van der Waals surface area contributed by atoms with Gasteiger partial charge < -0.3 is 18.8 Å². The van der Waals surface area contributed by atoms with Crippen LogP contribution in [-0.2, 0) is 14.3 Å². The zero-order valence-electron chi connectivity index (χ0n) is 17.4. The lowest BCUT2D eigenvalue weighted by atomic mass is 9.97. The fraction of sp³-hybridized carbons (Fsp3) is 0.375. The molecule has 1 aliphatic heterocycles. The minimum Gasteiger partial charge on any atom is -0.494 e. The average molecular weight is 422 g/mol. The molecular formula is C24H26N2O5. The van der Waals surface area contributed by atoms with Crippen LogP contribution in [0.4, 0.5) is 0 Å². The summed E-state index contributed by atoms with van der Waals surface area (Å²) in [6.45, 7) is 1.41. The molecule has 7 nitrogen and oxygen atoms in total. The van der Waals surface area contributed by atoms with E-state index in [9.17, 15) is 9.59 Å². The predicted molar refractivity (Wildman–Crippen MR) is 115 cm³/mol. The van der Waals surface area contributed by atoms with Crippen molar-refractivity contribution in [3.05, 3.63) is 60.5 Å². The van der Waals surface area contributed by atoms with Gasteiger partial charge in [-0.3, -0.25) is 9.59 Å². The molecule has 0 saturated carbocycles. The van der Waals surface area contributed by atoms with Crippen molar-refractivity contribution in [3.8, 4) is 5.75 Å². The molecule has 4 rings (SSSR count). The highest BCUT2D eigenvalue weighted by atomic mass is 16.5. The molecule has 31 heavy (non-hydrogen) atoms. The summed E-state index contributed by atoms with van der Waals surface area (Å²) in [5.41, 5.74) is 1.65. The fourth-order valence-corrected chi connectivity index (χ4v) is 3.67. The first-order valence-electron chi connectivity index (χ1n) is 10.7. The van der Waals surface area contributed by atoms with Crippen LogP contribution in [0.1, 0.15) is 37.5 Å². The quantitative estimate of drug-likeness (QED) is 0.404. The molecule has 0 aliphatic carbocycles. The number of likely N-dealkylation sites (tertiary alicyclic amines) is 1. The Hall–Kier alpha value is -3.35. The number of oxazole rings is 1. The van der Waals surface area contributed by atoms with Crippen LogP contribution in [0.2, 0.25) is 0 Å². The van der Waals surface area contributed by atoms with Crippen molar-refractivity contribution in [3.63, 3.8) is 0 Å². The number of piperidine rings is 1. The molecule has 1 fully saturated rings. The fourth-order valence-electron chi connectivity index (χ4n) is 3.67. The van der Waals surface area contributed by atoms with Crippen molar-refractivity contribution in [2.45, 2.75) is 31.6 Å². The second-order valence-corrected chi connectivity index (χ2v) is 7.60. The average Bonchev–Trinajstić information content (AvgIpc) is 3.25. The number of para-hydroxylation sites is 3. The van der Waals surface area contributed by atoms with Crippen molar-refractivity contribution in [2.75, 3.05) is 26.3 Å². The van der Waals surface area contributed by atoms with E-state index in [1.165, 1.54) is 0 Å². The summed E-state index contributed by atoms with van der Waals surface area (Å²) in [5, 5.41) is 0. The molecule has 0 unspecified atom stereocenters. The summed E-state index contributed by atoms with van der Waals surface area (Å²) < 4.78 is 16.6. The summed E-state index contributed by atoms with van der Waals surface area (Å²) in [6, 6.07) is 17.1. The van der Waals surface area contributed by atoms with Crippen molar-refractivity contribution < 1.29 is 23.5 Å². The maximum absolute atomic E-state index is 12.4. The maximum Gasteiger partial charge on any atom is 0.306 e. The van der Waals surface area contributed by atoms with Gasteiger partial charge in [-0.05, 0) is 43.5 Å². The minimum atomic E-state index is -0.383. The van der Waals surface area contributed by atoms with Crippen LogP contribution < -0.4 is 4.74 Å². The van der Waals surface area contributed by atoms with Gasteiger partial charge >= 0.3 is 5.97 Å². The molecule has 0 radical (unpaired) electrons. The Morgan fingerprint density at radius 2 is 1.77 bits per heavy atom. The number of rotatable bonds is 8. The number of hydrogen-bond donors (Lipinski definition) is 0. The second-order valence-electron chi connectivity index (χ2n) is 7.60. The summed E-state index contributed by atoms with van der Waals surface area (Å²) in [6.07, 6.45) is 2.32. The molecular weight excluding hydrogens is 396 g/mol. The van der Waals surface area contributed by atoms with Gasteiger partial charge in [-0.25, -0.2) is 4.98 Å². The highest BCUT2D eigenvalue weighted by Crippen LogP contribution is 2.29. The number of hydrogen-bond acceptors (Lipinski definition) is 6. The third-order valence-electron chi connectivity index (χ3n) is 5.40. The van der Waals surface area contributed by atoms with Gasteiger partial charge in [0.2, 0.25) is 0 Å². The molecule has 2 heterocycles. The predicted octanol–water partition coefficient (Wildman–Crippen LogP) is 3.94. The molecule has 0 spiro atoms. The highest BCUT2D eigenvalue weighted by Gasteiger charge is 2.27. The topological polar surface area (TPSA) is 81.9 Å². The number of esters is 1. The van der Waals surface area contributed by atoms with Crippen molar-refractivity contribution >= 4 is 23.0 Å². The van der Waals surface area contributed by atoms with Gasteiger partial charge in [0, 0.05) is 25.4 Å². The summed E-state index contributed by atoms with van der Waals surface area (Å²) in [5.74, 6) is 1.16. The number of nitrogens with zero attached hydrogens (tertiary/aromatic N) is 2. The molecule has 1 amide bonds. The van der Waals surface area contributed by atoms with Crippen molar-refractivity contribution in [1.82, 2.24) is 9.88 Å². The van der Waals surface area contributed by atoms with Gasteiger partial charge in [0.1, 0.15) is 11.3 Å². The Morgan fingerprint density at radius 1 is 1.03 bits per heavy atom. The van der Waals surface area contributed by atoms with E-state index in [0.29, 0.717) is 26.1 Å². The van der Waals surface area contributed by atoms with Gasteiger partial charge in [0.25, 0.3) is 5.91 Å². The molecule has 7 heteroatoms. The van der Waals surface area contributed by atoms with Crippen LogP contribution in [0.25, 0.3) is 11.1 Å². The molecule has 1 aromatic heterocycles. The Morgan fingerprint density at radius 3 is 2.55 bits per heavy atom. The Kier molecular flexibility index (Phi) is 6.82. The van der Waals surface area contributed by atoms with E-state index in [-0.39, 0.29) is 30.8 Å². The highest BCUT2D eigenvalue weighted by molar-refractivity contribution is 5.80. The number of aromatic nitrogens is 1. The number of carbonyl (C=O) groups is 2. The largest absolute Gasteiger partial charge is 0.494 e. The number of carbonyl (C=O) groups excluding carboxylic acids is 2. The van der Waals surface area contributed by atoms with E-state index in [1.54, 1.807) is 4.90 Å². The van der Waals surface area contributed by atoms with Crippen molar-refractivity contribution in [2.24, 2.45) is 0 Å². The molecule has 0 N–H and O–H groups in total. The van der Waals surface area contributed by atoms with Gasteiger partial charge in [0.05, 0.1) is 6.61 Å². The van der Waals surface area contributed by atoms with E-state index in [1.807, 2.05) is 54.6 Å². The Labute approximate surface area is 181 Å². The van der Waals surface area contributed by atoms with Gasteiger partial charge in [-0.2, -0.15) is 0 Å². The molecule has 162 valence electrons. The summed E-state index contributed by atoms with van der Waals surface area (Å²) in [4.78, 5) is 30.6. The molecule has 2 aromatic carbocycles. The molecule has 1 saturated heterocycles. The van der Waals surface area contributed by atoms with E-state index in [0.717, 1.165) is 35.6 Å². The van der Waals surface area contributed by atoms with Crippen LogP contribution in [0.5, 0.6) is 5.75 Å². The van der Waals surface area contributed by atoms with Crippen LogP contribution in [-0.4, -0.2) is 48.1 Å². The number of amides is 1. The first-order valence-corrected chi connectivity index (χ1v) is 10.7. The third kappa shape index (κ3) is 5.63. The van der Waals surface area contributed by atoms with Gasteiger partial charge in [-0.1, -0.05) is 30.3 Å². The molecule has 1 aliphatic rings. The van der Waals surface area contributed by atoms with Crippen LogP contribution >= 0.6 is 0 Å². The number of fused-ring (bicyclic) bond motifs is 1. The minimum absolute atomic E-state index is 0.162. The normalized spacial score (nSPS) is 14.5. The zero-order chi connectivity index (χ0) is 21.5. The summed E-state index contributed by atoms with van der Waals surface area (Å²) in [7, 11) is 0. The second kappa shape index (κ2) is 10.1. The Bertz CT molecular complexity index is 976. The zero-order valence-corrected chi connectivity index (χ0v) is 17.4. The Balaban J connectivity index is 1.14. The van der Waals surface area contributed by atoms with Crippen molar-refractivity contribution in [1.29, 1.82) is 0 Å². The lowest BCUT2D eigenvalue weighted by Crippen LogP contribution is -2.40. The molecule has 0 atom stereocenters. The van der Waals surface area contributed by atoms with Crippen LogP contribution in [0.15, 0.2) is 59.0 Å². The molecule has 3 aromatic rings. The third-order valence-corrected chi connectivity index (χ3v) is 5.40. The van der Waals surface area contributed by atoms with E-state index < -0.39 is 0 Å². The lowest BCUT2D eigenvalue weighted by Gasteiger charge is -2.30. The monoisotopic (exact) mass is 422 g/mol. The van der Waals surface area contributed by atoms with Gasteiger partial charge in [-0.15, -0.1) is 0 Å². The number of benzene rings is 2. The van der Waals surface area contributed by atoms with Gasteiger partial charge in [0.15, 0.2) is 18.1 Å². The number of ether oxygens (including phenoxy) is 2. The first kappa shape index (κ1) is 20.9. The van der Waals surface area contributed by atoms with Crippen LogP contribution in [0, 0.1) is 0 Å². The SMILES string of the molecule is O=C(CCCOc1ccccc1)OCC(=O)N1CCC(c2nc3ccccc3o2)CC1. The lowest BCUT2D eigenvalue weighted by molar-refractivity contribution is -0.152. The smallest absolute Gasteiger partial charge is 0.306 e.